The molecule has 2 atom stereocenters. The van der Waals surface area contributed by atoms with Crippen molar-refractivity contribution in [2.24, 2.45) is 0 Å². The lowest BCUT2D eigenvalue weighted by atomic mass is 10.2. The molecule has 0 radical (unpaired) electrons. The Balaban J connectivity index is 2.39. The van der Waals surface area contributed by atoms with Gasteiger partial charge in [-0.25, -0.2) is 8.78 Å². The fourth-order valence-electron chi connectivity index (χ4n) is 1.39. The molecule has 2 nitrogen and oxygen atoms in total. The van der Waals surface area contributed by atoms with Crippen LogP contribution in [0.15, 0.2) is 18.2 Å². The summed E-state index contributed by atoms with van der Waals surface area (Å²) in [6.45, 7) is 2.46. The number of hydrogen-bond donors (Lipinski definition) is 1. The van der Waals surface area contributed by atoms with E-state index in [-0.39, 0.29) is 6.04 Å². The fourth-order valence-corrected chi connectivity index (χ4v) is 2.07. The van der Waals surface area contributed by atoms with Crippen LogP contribution in [0, 0.1) is 11.6 Å². The maximum absolute atomic E-state index is 12.9. The van der Waals surface area contributed by atoms with Gasteiger partial charge in [0.05, 0.1) is 0 Å². The predicted octanol–water partition coefficient (Wildman–Crippen LogP) is 2.21. The van der Waals surface area contributed by atoms with E-state index in [2.05, 4.69) is 5.32 Å². The lowest BCUT2D eigenvalue weighted by Gasteiger charge is -2.13. The van der Waals surface area contributed by atoms with Gasteiger partial charge in [-0.05, 0) is 31.0 Å². The van der Waals surface area contributed by atoms with Crippen LogP contribution in [0.2, 0.25) is 0 Å². The van der Waals surface area contributed by atoms with Gasteiger partial charge in [-0.1, -0.05) is 6.07 Å². The van der Waals surface area contributed by atoms with Crippen LogP contribution in [-0.2, 0) is 17.3 Å². The Morgan fingerprint density at radius 1 is 1.35 bits per heavy atom. The fraction of sp³-hybridized carbons (Fsp3) is 0.500. The van der Waals surface area contributed by atoms with Crippen molar-refractivity contribution in [1.29, 1.82) is 0 Å². The zero-order valence-electron chi connectivity index (χ0n) is 10.0. The second-order valence-corrected chi connectivity index (χ2v) is 5.65. The molecule has 0 bridgehead atoms. The van der Waals surface area contributed by atoms with Gasteiger partial charge in [0.15, 0.2) is 11.6 Å². The van der Waals surface area contributed by atoms with Crippen molar-refractivity contribution in [3.8, 4) is 0 Å². The number of halogens is 2. The number of benzene rings is 1. The van der Waals surface area contributed by atoms with Gasteiger partial charge in [0, 0.05) is 35.4 Å². The number of rotatable bonds is 6. The van der Waals surface area contributed by atoms with E-state index >= 15 is 0 Å². The predicted molar refractivity (Wildman–Crippen MR) is 66.2 cm³/mol. The average molecular weight is 261 g/mol. The van der Waals surface area contributed by atoms with E-state index in [1.807, 2.05) is 6.92 Å². The first-order valence-corrected chi connectivity index (χ1v) is 7.19. The van der Waals surface area contributed by atoms with E-state index in [1.165, 1.54) is 6.07 Å². The summed E-state index contributed by atoms with van der Waals surface area (Å²) in [7, 11) is -0.791. The molecule has 0 saturated heterocycles. The Kier molecular flexibility index (Phi) is 5.71. The summed E-state index contributed by atoms with van der Waals surface area (Å²) in [5.74, 6) is -1.01. The van der Waals surface area contributed by atoms with Gasteiger partial charge >= 0.3 is 0 Å². The standard InChI is InChI=1S/C12H17F2NOS/c1-9(5-6-17(2)16)15-8-10-3-4-11(13)12(14)7-10/h3-4,7,9,15H,5-6,8H2,1-2H3. The highest BCUT2D eigenvalue weighted by atomic mass is 32.2. The Labute approximate surface area is 103 Å². The molecule has 96 valence electrons. The number of nitrogens with one attached hydrogen (secondary N) is 1. The molecule has 2 unspecified atom stereocenters. The maximum atomic E-state index is 12.9. The van der Waals surface area contributed by atoms with Gasteiger partial charge in [-0.2, -0.15) is 0 Å². The van der Waals surface area contributed by atoms with Gasteiger partial charge in [0.1, 0.15) is 0 Å². The monoisotopic (exact) mass is 261 g/mol. The second-order valence-electron chi connectivity index (χ2n) is 4.10. The third kappa shape index (κ3) is 5.37. The number of hydrogen-bond acceptors (Lipinski definition) is 2. The second kappa shape index (κ2) is 6.81. The molecule has 0 aliphatic rings. The topological polar surface area (TPSA) is 29.1 Å². The normalized spacial score (nSPS) is 14.6. The largest absolute Gasteiger partial charge is 0.310 e. The molecule has 0 aliphatic carbocycles. The van der Waals surface area contributed by atoms with Gasteiger partial charge in [-0.15, -0.1) is 0 Å². The van der Waals surface area contributed by atoms with Crippen molar-refractivity contribution in [3.63, 3.8) is 0 Å². The molecule has 0 saturated carbocycles. The molecule has 1 aromatic carbocycles. The molecule has 17 heavy (non-hydrogen) atoms. The SMILES string of the molecule is CC(CCS(C)=O)NCc1ccc(F)c(F)c1. The minimum atomic E-state index is -0.830. The van der Waals surface area contributed by atoms with Crippen molar-refractivity contribution in [3.05, 3.63) is 35.4 Å². The third-order valence-corrected chi connectivity index (χ3v) is 3.29. The van der Waals surface area contributed by atoms with Gasteiger partial charge in [-0.3, -0.25) is 4.21 Å². The zero-order chi connectivity index (χ0) is 12.8. The van der Waals surface area contributed by atoms with Crippen LogP contribution < -0.4 is 5.32 Å². The Hall–Kier alpha value is -0.810. The van der Waals surface area contributed by atoms with E-state index in [1.54, 1.807) is 12.3 Å². The molecule has 0 aliphatic heterocycles. The first-order valence-electron chi connectivity index (χ1n) is 5.46. The summed E-state index contributed by atoms with van der Waals surface area (Å²) in [5, 5.41) is 3.18. The zero-order valence-corrected chi connectivity index (χ0v) is 10.8. The lowest BCUT2D eigenvalue weighted by molar-refractivity contribution is 0.501. The first-order chi connectivity index (χ1) is 7.99. The van der Waals surface area contributed by atoms with Crippen molar-refractivity contribution in [2.45, 2.75) is 25.9 Å². The Morgan fingerprint density at radius 3 is 2.65 bits per heavy atom. The summed E-state index contributed by atoms with van der Waals surface area (Å²) in [6.07, 6.45) is 2.47. The van der Waals surface area contributed by atoms with Crippen molar-refractivity contribution < 1.29 is 13.0 Å². The lowest BCUT2D eigenvalue weighted by Crippen LogP contribution is -2.27. The molecule has 0 fully saturated rings. The summed E-state index contributed by atoms with van der Waals surface area (Å²) >= 11 is 0. The molecule has 1 N–H and O–H groups in total. The van der Waals surface area contributed by atoms with Crippen molar-refractivity contribution in [1.82, 2.24) is 5.32 Å². The summed E-state index contributed by atoms with van der Waals surface area (Å²) in [5.41, 5.74) is 0.702. The minimum absolute atomic E-state index is 0.201. The van der Waals surface area contributed by atoms with Crippen molar-refractivity contribution >= 4 is 10.8 Å². The van der Waals surface area contributed by atoms with Gasteiger partial charge in [0.25, 0.3) is 0 Å². The molecule has 0 spiro atoms. The van der Waals surface area contributed by atoms with Gasteiger partial charge in [0.2, 0.25) is 0 Å². The van der Waals surface area contributed by atoms with E-state index in [4.69, 9.17) is 0 Å². The van der Waals surface area contributed by atoms with Crippen LogP contribution in [0.25, 0.3) is 0 Å². The smallest absolute Gasteiger partial charge is 0.159 e. The Morgan fingerprint density at radius 2 is 2.06 bits per heavy atom. The quantitative estimate of drug-likeness (QED) is 0.850. The average Bonchev–Trinajstić information content (AvgIpc) is 2.28. The van der Waals surface area contributed by atoms with Crippen LogP contribution in [-0.4, -0.2) is 22.3 Å². The first kappa shape index (κ1) is 14.3. The summed E-state index contributed by atoms with van der Waals surface area (Å²) < 4.78 is 36.5. The highest BCUT2D eigenvalue weighted by molar-refractivity contribution is 7.84. The summed E-state index contributed by atoms with van der Waals surface area (Å²) in [6, 6.07) is 4.06. The van der Waals surface area contributed by atoms with Gasteiger partial charge < -0.3 is 5.32 Å². The van der Waals surface area contributed by atoms with E-state index in [0.29, 0.717) is 17.9 Å². The van der Waals surface area contributed by atoms with E-state index in [0.717, 1.165) is 12.5 Å². The van der Waals surface area contributed by atoms with Crippen molar-refractivity contribution in [2.75, 3.05) is 12.0 Å². The van der Waals surface area contributed by atoms with Crippen LogP contribution in [0.1, 0.15) is 18.9 Å². The van der Waals surface area contributed by atoms with Crippen LogP contribution in [0.5, 0.6) is 0 Å². The highest BCUT2D eigenvalue weighted by Crippen LogP contribution is 2.08. The molecule has 0 aromatic heterocycles. The molecule has 0 heterocycles. The maximum Gasteiger partial charge on any atom is 0.159 e. The molecule has 1 rings (SSSR count). The minimum Gasteiger partial charge on any atom is -0.310 e. The molecule has 1 aromatic rings. The third-order valence-electron chi connectivity index (χ3n) is 2.48. The van der Waals surface area contributed by atoms with E-state index < -0.39 is 22.4 Å². The Bertz CT molecular complexity index is 398. The molecular weight excluding hydrogens is 244 g/mol. The molecule has 5 heteroatoms. The van der Waals surface area contributed by atoms with E-state index in [9.17, 15) is 13.0 Å². The van der Waals surface area contributed by atoms with Crippen LogP contribution >= 0.6 is 0 Å². The summed E-state index contributed by atoms with van der Waals surface area (Å²) in [4.78, 5) is 0. The highest BCUT2D eigenvalue weighted by Gasteiger charge is 2.05. The molecular formula is C12H17F2NOS. The molecule has 0 amide bonds. The van der Waals surface area contributed by atoms with Crippen LogP contribution in [0.3, 0.4) is 0 Å². The van der Waals surface area contributed by atoms with Crippen LogP contribution in [0.4, 0.5) is 8.78 Å².